The summed E-state index contributed by atoms with van der Waals surface area (Å²) >= 11 is 0. The molecule has 0 radical (unpaired) electrons. The van der Waals surface area contributed by atoms with Gasteiger partial charge in [-0.3, -0.25) is 0 Å². The molecule has 0 spiro atoms. The van der Waals surface area contributed by atoms with Gasteiger partial charge in [-0.1, -0.05) is 109 Å². The maximum atomic E-state index is 2.43. The van der Waals surface area contributed by atoms with Gasteiger partial charge in [-0.2, -0.15) is 0 Å². The Balaban J connectivity index is 1.62. The van der Waals surface area contributed by atoms with Crippen LogP contribution in [0.3, 0.4) is 0 Å². The van der Waals surface area contributed by atoms with Gasteiger partial charge in [-0.25, -0.2) is 0 Å². The molecule has 0 nitrogen and oxygen atoms in total. The Labute approximate surface area is 200 Å². The maximum absolute atomic E-state index is 2.43. The summed E-state index contributed by atoms with van der Waals surface area (Å²) in [7, 11) is 0. The molecule has 162 valence electrons. The molecule has 0 fully saturated rings. The number of benzene rings is 5. The lowest BCUT2D eigenvalue weighted by molar-refractivity contribution is 1.00. The zero-order chi connectivity index (χ0) is 22.5. The van der Waals surface area contributed by atoms with Crippen molar-refractivity contribution in [2.24, 2.45) is 0 Å². The van der Waals surface area contributed by atoms with Crippen LogP contribution < -0.4 is 10.4 Å². The smallest absolute Gasteiger partial charge is 0.00203 e. The monoisotopic (exact) mass is 434 g/mol. The van der Waals surface area contributed by atoms with Crippen molar-refractivity contribution in [3.8, 4) is 11.1 Å². The predicted octanol–water partition coefficient (Wildman–Crippen LogP) is 7.50. The fourth-order valence-electron chi connectivity index (χ4n) is 6.07. The molecule has 0 atom stereocenters. The van der Waals surface area contributed by atoms with E-state index < -0.39 is 0 Å². The zero-order valence-corrected chi connectivity index (χ0v) is 19.2. The molecule has 0 saturated heterocycles. The summed E-state index contributed by atoms with van der Waals surface area (Å²) in [6, 6.07) is 33.7. The lowest BCUT2D eigenvalue weighted by Crippen LogP contribution is -2.28. The minimum absolute atomic E-state index is 1.08. The third-order valence-electron chi connectivity index (χ3n) is 7.59. The Bertz CT molecular complexity index is 1690. The fraction of sp³-hybridized carbons (Fsp3) is 0.118. The molecule has 2 aliphatic rings. The van der Waals surface area contributed by atoms with Crippen molar-refractivity contribution in [1.82, 2.24) is 0 Å². The molecule has 0 saturated carbocycles. The molecule has 0 aliphatic heterocycles. The first kappa shape index (κ1) is 19.6. The van der Waals surface area contributed by atoms with Gasteiger partial charge in [0.1, 0.15) is 0 Å². The number of aryl methyl sites for hydroxylation is 1. The molecule has 0 aromatic heterocycles. The number of hydrogen-bond donors (Lipinski definition) is 0. The van der Waals surface area contributed by atoms with E-state index in [1.165, 1.54) is 65.4 Å². The zero-order valence-electron chi connectivity index (χ0n) is 19.2. The molecule has 0 amide bonds. The van der Waals surface area contributed by atoms with Crippen LogP contribution in [-0.2, 0) is 6.42 Å². The van der Waals surface area contributed by atoms with E-state index in [0.717, 1.165) is 25.7 Å². The highest BCUT2D eigenvalue weighted by Crippen LogP contribution is 2.43. The van der Waals surface area contributed by atoms with Crippen molar-refractivity contribution in [3.63, 3.8) is 0 Å². The lowest BCUT2D eigenvalue weighted by Gasteiger charge is -2.22. The van der Waals surface area contributed by atoms with Crippen molar-refractivity contribution in [1.29, 1.82) is 0 Å². The van der Waals surface area contributed by atoms with E-state index in [2.05, 4.69) is 109 Å². The molecule has 0 bridgehead atoms. The molecule has 0 heterocycles. The quantitative estimate of drug-likeness (QED) is 0.252. The average molecular weight is 435 g/mol. The molecule has 34 heavy (non-hydrogen) atoms. The first-order chi connectivity index (χ1) is 16.9. The van der Waals surface area contributed by atoms with Gasteiger partial charge in [0.05, 0.1) is 0 Å². The molecule has 5 aromatic rings. The van der Waals surface area contributed by atoms with Gasteiger partial charge in [0.15, 0.2) is 0 Å². The van der Waals surface area contributed by atoms with Crippen LogP contribution in [0.15, 0.2) is 91.0 Å². The van der Waals surface area contributed by atoms with Crippen molar-refractivity contribution in [2.75, 3.05) is 0 Å². The van der Waals surface area contributed by atoms with Crippen LogP contribution in [0, 0.1) is 0 Å². The standard InChI is InChI=1S/C34H26/c1-2-12-25-22-26(21-20-23(25)10-1)33-29-15-5-7-17-31(29)34(32-18-8-6-16-30(32)33)28-19-9-13-24-11-3-4-14-27(24)28/h1-2,5-19,22H,3-4,20-21H2. The van der Waals surface area contributed by atoms with Crippen LogP contribution >= 0.6 is 0 Å². The predicted molar refractivity (Wildman–Crippen MR) is 147 cm³/mol. The topological polar surface area (TPSA) is 0 Å². The summed E-state index contributed by atoms with van der Waals surface area (Å²) in [6.45, 7) is 0. The highest BCUT2D eigenvalue weighted by molar-refractivity contribution is 6.19. The third kappa shape index (κ3) is 2.99. The normalized spacial score (nSPS) is 14.6. The van der Waals surface area contributed by atoms with Gasteiger partial charge in [0.2, 0.25) is 0 Å². The van der Waals surface area contributed by atoms with Crippen LogP contribution in [0.2, 0.25) is 0 Å². The first-order valence-electron chi connectivity index (χ1n) is 12.4. The second-order valence-electron chi connectivity index (χ2n) is 9.50. The Morgan fingerprint density at radius 1 is 0.500 bits per heavy atom. The first-order valence-corrected chi connectivity index (χ1v) is 12.4. The van der Waals surface area contributed by atoms with Gasteiger partial charge in [-0.15, -0.1) is 0 Å². The number of rotatable bonds is 2. The summed E-state index contributed by atoms with van der Waals surface area (Å²) in [4.78, 5) is 0. The average Bonchev–Trinajstić information content (AvgIpc) is 2.91. The van der Waals surface area contributed by atoms with E-state index in [1.54, 1.807) is 0 Å². The van der Waals surface area contributed by atoms with E-state index in [-0.39, 0.29) is 0 Å². The highest BCUT2D eigenvalue weighted by Gasteiger charge is 2.20. The molecule has 0 heteroatoms. The maximum Gasteiger partial charge on any atom is -0.00203 e. The number of allylic oxidation sites excluding steroid dienone is 1. The van der Waals surface area contributed by atoms with E-state index in [0.29, 0.717) is 0 Å². The van der Waals surface area contributed by atoms with Crippen LogP contribution in [0.1, 0.15) is 36.0 Å². The molecule has 0 N–H and O–H groups in total. The molecule has 5 aromatic carbocycles. The molecule has 0 unspecified atom stereocenters. The van der Waals surface area contributed by atoms with Gasteiger partial charge < -0.3 is 0 Å². The van der Waals surface area contributed by atoms with Gasteiger partial charge in [-0.05, 0) is 91.1 Å². The summed E-state index contributed by atoms with van der Waals surface area (Å²) in [5.74, 6) is 0. The van der Waals surface area contributed by atoms with Crippen LogP contribution in [0.4, 0.5) is 0 Å². The second-order valence-corrected chi connectivity index (χ2v) is 9.50. The van der Waals surface area contributed by atoms with Crippen molar-refractivity contribution < 1.29 is 0 Å². The minimum atomic E-state index is 1.08. The van der Waals surface area contributed by atoms with E-state index in [1.807, 2.05) is 0 Å². The Morgan fingerprint density at radius 2 is 1.15 bits per heavy atom. The fourth-order valence-corrected chi connectivity index (χ4v) is 6.07. The summed E-state index contributed by atoms with van der Waals surface area (Å²) in [6.07, 6.45) is 11.7. The van der Waals surface area contributed by atoms with Gasteiger partial charge in [0.25, 0.3) is 0 Å². The van der Waals surface area contributed by atoms with Crippen LogP contribution in [-0.4, -0.2) is 0 Å². The Morgan fingerprint density at radius 3 is 1.91 bits per heavy atom. The van der Waals surface area contributed by atoms with E-state index >= 15 is 0 Å². The second kappa shape index (κ2) is 7.85. The van der Waals surface area contributed by atoms with Gasteiger partial charge >= 0.3 is 0 Å². The Hall–Kier alpha value is -3.90. The summed E-state index contributed by atoms with van der Waals surface area (Å²) < 4.78 is 0. The van der Waals surface area contributed by atoms with Gasteiger partial charge in [0, 0.05) is 0 Å². The number of fused-ring (bicyclic) bond motifs is 4. The van der Waals surface area contributed by atoms with Crippen molar-refractivity contribution in [3.05, 3.63) is 118 Å². The molecule has 2 aliphatic carbocycles. The lowest BCUT2D eigenvalue weighted by atomic mass is 9.81. The van der Waals surface area contributed by atoms with E-state index in [4.69, 9.17) is 0 Å². The van der Waals surface area contributed by atoms with Crippen LogP contribution in [0.25, 0.3) is 56.5 Å². The third-order valence-corrected chi connectivity index (χ3v) is 7.59. The summed E-state index contributed by atoms with van der Waals surface area (Å²) in [5.41, 5.74) is 8.41. The van der Waals surface area contributed by atoms with Crippen LogP contribution in [0.5, 0.6) is 0 Å². The minimum Gasteiger partial charge on any atom is -0.0763 e. The Kier molecular flexibility index (Phi) is 4.52. The largest absolute Gasteiger partial charge is 0.0763 e. The molecular formula is C34H26. The molecular weight excluding hydrogens is 408 g/mol. The van der Waals surface area contributed by atoms with Crippen molar-refractivity contribution >= 4 is 45.3 Å². The SMILES string of the molecule is C1=C(c2c3ccccc3c(-c3cccc4c3=CCCC=4)c3ccccc23)CCc2ccccc21. The van der Waals surface area contributed by atoms with E-state index in [9.17, 15) is 0 Å². The summed E-state index contributed by atoms with van der Waals surface area (Å²) in [5, 5.41) is 8.18. The number of hydrogen-bond acceptors (Lipinski definition) is 0. The highest BCUT2D eigenvalue weighted by atomic mass is 14.2. The van der Waals surface area contributed by atoms with Crippen molar-refractivity contribution in [2.45, 2.75) is 25.7 Å². The molecule has 7 rings (SSSR count).